The molecule has 0 spiro atoms. The summed E-state index contributed by atoms with van der Waals surface area (Å²) in [6, 6.07) is 9.00. The third-order valence-electron chi connectivity index (χ3n) is 4.19. The molecule has 1 aliphatic rings. The monoisotopic (exact) mass is 269 g/mol. The van der Waals surface area contributed by atoms with Gasteiger partial charge in [-0.1, -0.05) is 25.1 Å². The second kappa shape index (κ2) is 5.80. The van der Waals surface area contributed by atoms with E-state index in [0.29, 0.717) is 0 Å². The van der Waals surface area contributed by atoms with Crippen LogP contribution in [0.5, 0.6) is 0 Å². The Bertz CT molecular complexity index is 598. The summed E-state index contributed by atoms with van der Waals surface area (Å²) in [5, 5.41) is 8.15. The lowest BCUT2D eigenvalue weighted by atomic mass is 9.93. The van der Waals surface area contributed by atoms with Crippen LogP contribution in [0, 0.1) is 0 Å². The van der Waals surface area contributed by atoms with Crippen LogP contribution >= 0.6 is 0 Å². The third-order valence-corrected chi connectivity index (χ3v) is 4.19. The van der Waals surface area contributed by atoms with Gasteiger partial charge in [0.2, 0.25) is 0 Å². The average molecular weight is 269 g/mol. The van der Waals surface area contributed by atoms with Gasteiger partial charge >= 0.3 is 0 Å². The minimum atomic E-state index is 0.947. The highest BCUT2D eigenvalue weighted by atomic mass is 15.3. The fourth-order valence-electron chi connectivity index (χ4n) is 3.05. The van der Waals surface area contributed by atoms with Gasteiger partial charge in [-0.3, -0.25) is 4.68 Å². The standard InChI is InChI=1S/C17H23N3/c1-3-15-11-16(20(4-2)19-15)10-14-7-5-6-13-8-9-18-12-17(13)14/h5-7,11,18H,3-4,8-10,12H2,1-2H3. The molecule has 0 unspecified atom stereocenters. The lowest BCUT2D eigenvalue weighted by molar-refractivity contribution is 0.614. The molecule has 0 atom stereocenters. The van der Waals surface area contributed by atoms with Crippen LogP contribution in [0.25, 0.3) is 0 Å². The number of nitrogens with one attached hydrogen (secondary N) is 1. The van der Waals surface area contributed by atoms with Gasteiger partial charge in [-0.15, -0.1) is 0 Å². The normalized spacial score (nSPS) is 14.3. The molecular formula is C17H23N3. The number of fused-ring (bicyclic) bond motifs is 1. The molecule has 0 bridgehead atoms. The largest absolute Gasteiger partial charge is 0.312 e. The van der Waals surface area contributed by atoms with Gasteiger partial charge in [-0.2, -0.15) is 5.10 Å². The number of rotatable bonds is 4. The molecule has 0 saturated heterocycles. The van der Waals surface area contributed by atoms with Crippen LogP contribution in [0.2, 0.25) is 0 Å². The van der Waals surface area contributed by atoms with Gasteiger partial charge in [0.15, 0.2) is 0 Å². The van der Waals surface area contributed by atoms with Crippen molar-refractivity contribution in [2.75, 3.05) is 6.54 Å². The van der Waals surface area contributed by atoms with E-state index in [4.69, 9.17) is 0 Å². The number of benzene rings is 1. The van der Waals surface area contributed by atoms with Gasteiger partial charge in [0, 0.05) is 25.2 Å². The van der Waals surface area contributed by atoms with Gasteiger partial charge in [0.1, 0.15) is 0 Å². The van der Waals surface area contributed by atoms with Crippen molar-refractivity contribution in [3.8, 4) is 0 Å². The van der Waals surface area contributed by atoms with Crippen LogP contribution in [0.1, 0.15) is 41.9 Å². The van der Waals surface area contributed by atoms with E-state index >= 15 is 0 Å². The van der Waals surface area contributed by atoms with Crippen LogP contribution in [-0.2, 0) is 32.4 Å². The number of hydrogen-bond donors (Lipinski definition) is 1. The molecule has 106 valence electrons. The van der Waals surface area contributed by atoms with Crippen molar-refractivity contribution < 1.29 is 0 Å². The number of nitrogens with zero attached hydrogens (tertiary/aromatic N) is 2. The van der Waals surface area contributed by atoms with Crippen molar-refractivity contribution in [1.82, 2.24) is 15.1 Å². The van der Waals surface area contributed by atoms with Gasteiger partial charge in [0.25, 0.3) is 0 Å². The Labute approximate surface area is 121 Å². The molecule has 0 radical (unpaired) electrons. The minimum Gasteiger partial charge on any atom is -0.312 e. The summed E-state index contributed by atoms with van der Waals surface area (Å²) >= 11 is 0. The molecule has 3 heteroatoms. The van der Waals surface area contributed by atoms with E-state index < -0.39 is 0 Å². The van der Waals surface area contributed by atoms with Gasteiger partial charge in [-0.05, 0) is 49.1 Å². The Morgan fingerprint density at radius 1 is 1.30 bits per heavy atom. The lowest BCUT2D eigenvalue weighted by Crippen LogP contribution is -2.25. The van der Waals surface area contributed by atoms with Crippen LogP contribution in [0.4, 0.5) is 0 Å². The molecule has 1 aliphatic heterocycles. The zero-order valence-electron chi connectivity index (χ0n) is 12.4. The zero-order chi connectivity index (χ0) is 13.9. The maximum Gasteiger partial charge on any atom is 0.0624 e. The van der Waals surface area contributed by atoms with Crippen LogP contribution in [-0.4, -0.2) is 16.3 Å². The molecule has 0 aliphatic carbocycles. The maximum absolute atomic E-state index is 4.66. The fourth-order valence-corrected chi connectivity index (χ4v) is 3.05. The smallest absolute Gasteiger partial charge is 0.0624 e. The molecule has 1 N–H and O–H groups in total. The summed E-state index contributed by atoms with van der Waals surface area (Å²) < 4.78 is 2.15. The van der Waals surface area contributed by atoms with Crippen LogP contribution in [0.3, 0.4) is 0 Å². The quantitative estimate of drug-likeness (QED) is 0.925. The average Bonchev–Trinajstić information content (AvgIpc) is 2.90. The number of aromatic nitrogens is 2. The minimum absolute atomic E-state index is 0.947. The molecule has 1 aromatic heterocycles. The first-order chi connectivity index (χ1) is 9.81. The first-order valence-electron chi connectivity index (χ1n) is 7.67. The Morgan fingerprint density at radius 3 is 3.00 bits per heavy atom. The second-order valence-electron chi connectivity index (χ2n) is 5.45. The van der Waals surface area contributed by atoms with Crippen LogP contribution in [0.15, 0.2) is 24.3 Å². The van der Waals surface area contributed by atoms with Crippen LogP contribution < -0.4 is 5.32 Å². The molecule has 1 aromatic carbocycles. The van der Waals surface area contributed by atoms with Crippen molar-refractivity contribution in [3.05, 3.63) is 52.3 Å². The molecule has 3 rings (SSSR count). The molecule has 0 amide bonds. The Balaban J connectivity index is 1.93. The van der Waals surface area contributed by atoms with E-state index in [-0.39, 0.29) is 0 Å². The summed E-state index contributed by atoms with van der Waals surface area (Å²) in [7, 11) is 0. The van der Waals surface area contributed by atoms with Crippen molar-refractivity contribution >= 4 is 0 Å². The Morgan fingerprint density at radius 2 is 2.20 bits per heavy atom. The predicted octanol–water partition coefficient (Wildman–Crippen LogP) is 2.70. The first-order valence-corrected chi connectivity index (χ1v) is 7.67. The summed E-state index contributed by atoms with van der Waals surface area (Å²) in [6.45, 7) is 7.39. The highest BCUT2D eigenvalue weighted by Gasteiger charge is 2.14. The van der Waals surface area contributed by atoms with Gasteiger partial charge in [-0.25, -0.2) is 0 Å². The predicted molar refractivity (Wildman–Crippen MR) is 81.9 cm³/mol. The second-order valence-corrected chi connectivity index (χ2v) is 5.45. The van der Waals surface area contributed by atoms with Gasteiger partial charge in [0.05, 0.1) is 5.69 Å². The van der Waals surface area contributed by atoms with E-state index in [1.807, 2.05) is 0 Å². The van der Waals surface area contributed by atoms with Crippen molar-refractivity contribution in [2.45, 2.75) is 46.2 Å². The molecular weight excluding hydrogens is 246 g/mol. The summed E-state index contributed by atoms with van der Waals surface area (Å²) in [4.78, 5) is 0. The summed E-state index contributed by atoms with van der Waals surface area (Å²) in [5.41, 5.74) is 7.00. The van der Waals surface area contributed by atoms with E-state index in [1.165, 1.54) is 28.1 Å². The van der Waals surface area contributed by atoms with E-state index in [1.54, 1.807) is 0 Å². The zero-order valence-corrected chi connectivity index (χ0v) is 12.4. The highest BCUT2D eigenvalue weighted by Crippen LogP contribution is 2.21. The topological polar surface area (TPSA) is 29.9 Å². The molecule has 0 fully saturated rings. The van der Waals surface area contributed by atoms with E-state index in [0.717, 1.165) is 38.9 Å². The molecule has 0 saturated carbocycles. The fraction of sp³-hybridized carbons (Fsp3) is 0.471. The summed E-state index contributed by atoms with van der Waals surface area (Å²) in [6.07, 6.45) is 3.15. The molecule has 2 aromatic rings. The summed E-state index contributed by atoms with van der Waals surface area (Å²) in [5.74, 6) is 0. The van der Waals surface area contributed by atoms with Crippen molar-refractivity contribution in [1.29, 1.82) is 0 Å². The first kappa shape index (κ1) is 13.4. The Hall–Kier alpha value is -1.61. The lowest BCUT2D eigenvalue weighted by Gasteiger charge is -2.20. The molecule has 2 heterocycles. The van der Waals surface area contributed by atoms with E-state index in [2.05, 4.69) is 53.2 Å². The highest BCUT2D eigenvalue weighted by molar-refractivity contribution is 5.39. The third kappa shape index (κ3) is 2.50. The SMILES string of the molecule is CCc1cc(Cc2cccc3c2CNCC3)n(CC)n1. The Kier molecular flexibility index (Phi) is 3.88. The maximum atomic E-state index is 4.66. The number of hydrogen-bond acceptors (Lipinski definition) is 2. The molecule has 3 nitrogen and oxygen atoms in total. The molecule has 20 heavy (non-hydrogen) atoms. The van der Waals surface area contributed by atoms with Gasteiger partial charge < -0.3 is 5.32 Å². The van der Waals surface area contributed by atoms with Crippen molar-refractivity contribution in [3.63, 3.8) is 0 Å². The van der Waals surface area contributed by atoms with E-state index in [9.17, 15) is 0 Å². The van der Waals surface area contributed by atoms with Crippen molar-refractivity contribution in [2.24, 2.45) is 0 Å². The number of aryl methyl sites for hydroxylation is 2.